The molecule has 134 valence electrons. The predicted octanol–water partition coefficient (Wildman–Crippen LogP) is 4.82. The number of carbonyl (C=O) groups excluding carboxylic acids is 1. The molecule has 0 radical (unpaired) electrons. The van der Waals surface area contributed by atoms with Crippen LogP contribution in [0, 0.1) is 6.92 Å². The number of nitrogens with one attached hydrogen (secondary N) is 1. The molecule has 0 fully saturated rings. The molecule has 1 unspecified atom stereocenters. The third kappa shape index (κ3) is 3.34. The summed E-state index contributed by atoms with van der Waals surface area (Å²) in [5, 5.41) is 9.84. The fourth-order valence-electron chi connectivity index (χ4n) is 3.30. The fourth-order valence-corrected chi connectivity index (χ4v) is 3.30. The largest absolute Gasteiger partial charge is 0.345 e. The number of fused-ring (bicyclic) bond motifs is 1. The van der Waals surface area contributed by atoms with Crippen LogP contribution in [0.2, 0.25) is 0 Å². The quantitative estimate of drug-likeness (QED) is 0.570. The minimum atomic E-state index is -0.115. The van der Waals surface area contributed by atoms with Crippen molar-refractivity contribution in [2.24, 2.45) is 0 Å². The van der Waals surface area contributed by atoms with Gasteiger partial charge in [-0.25, -0.2) is 4.68 Å². The van der Waals surface area contributed by atoms with E-state index in [1.165, 1.54) is 10.8 Å². The number of para-hydroxylation sites is 1. The van der Waals surface area contributed by atoms with E-state index in [-0.39, 0.29) is 11.9 Å². The highest BCUT2D eigenvalue weighted by atomic mass is 16.1. The maximum absolute atomic E-state index is 12.8. The van der Waals surface area contributed by atoms with Crippen LogP contribution in [0.4, 0.5) is 0 Å². The average molecular weight is 355 g/mol. The van der Waals surface area contributed by atoms with E-state index in [4.69, 9.17) is 0 Å². The lowest BCUT2D eigenvalue weighted by molar-refractivity contribution is 0.0939. The van der Waals surface area contributed by atoms with E-state index < -0.39 is 0 Å². The van der Waals surface area contributed by atoms with Crippen molar-refractivity contribution < 1.29 is 4.79 Å². The van der Waals surface area contributed by atoms with E-state index in [9.17, 15) is 4.79 Å². The summed E-state index contributed by atoms with van der Waals surface area (Å²) >= 11 is 0. The molecule has 3 aromatic carbocycles. The molecule has 0 spiro atoms. The number of amides is 1. The Bertz CT molecular complexity index is 1100. The summed E-state index contributed by atoms with van der Waals surface area (Å²) < 4.78 is 1.79. The van der Waals surface area contributed by atoms with Crippen LogP contribution in [-0.4, -0.2) is 15.7 Å². The molecule has 0 aliphatic heterocycles. The maximum Gasteiger partial charge on any atom is 0.255 e. The molecule has 4 rings (SSSR count). The minimum absolute atomic E-state index is 0.0958. The molecule has 4 nitrogen and oxygen atoms in total. The van der Waals surface area contributed by atoms with Crippen molar-refractivity contribution in [2.75, 3.05) is 0 Å². The summed E-state index contributed by atoms with van der Waals surface area (Å²) in [7, 11) is 0. The third-order valence-electron chi connectivity index (χ3n) is 4.88. The summed E-state index contributed by atoms with van der Waals surface area (Å²) in [6.45, 7) is 3.91. The van der Waals surface area contributed by atoms with Crippen molar-refractivity contribution in [3.63, 3.8) is 0 Å². The Morgan fingerprint density at radius 1 is 0.963 bits per heavy atom. The van der Waals surface area contributed by atoms with Crippen LogP contribution >= 0.6 is 0 Å². The summed E-state index contributed by atoms with van der Waals surface area (Å²) in [6.07, 6.45) is 1.63. The molecular weight excluding hydrogens is 334 g/mol. The van der Waals surface area contributed by atoms with Crippen LogP contribution in [0.15, 0.2) is 79.0 Å². The van der Waals surface area contributed by atoms with Crippen LogP contribution in [0.1, 0.15) is 34.6 Å². The third-order valence-corrected chi connectivity index (χ3v) is 4.88. The first-order valence-corrected chi connectivity index (χ1v) is 9.03. The molecule has 1 aromatic heterocycles. The highest BCUT2D eigenvalue weighted by Crippen LogP contribution is 2.21. The Morgan fingerprint density at radius 3 is 2.44 bits per heavy atom. The van der Waals surface area contributed by atoms with Crippen LogP contribution in [-0.2, 0) is 0 Å². The van der Waals surface area contributed by atoms with E-state index in [0.717, 1.165) is 16.9 Å². The topological polar surface area (TPSA) is 46.9 Å². The molecule has 1 heterocycles. The first kappa shape index (κ1) is 17.0. The number of rotatable bonds is 4. The summed E-state index contributed by atoms with van der Waals surface area (Å²) in [5.41, 5.74) is 3.43. The summed E-state index contributed by atoms with van der Waals surface area (Å²) in [4.78, 5) is 12.8. The molecule has 4 heteroatoms. The van der Waals surface area contributed by atoms with Gasteiger partial charge in [0, 0.05) is 0 Å². The number of carbonyl (C=O) groups is 1. The Morgan fingerprint density at radius 2 is 1.67 bits per heavy atom. The molecule has 1 amide bonds. The van der Waals surface area contributed by atoms with Crippen molar-refractivity contribution in [3.8, 4) is 5.69 Å². The van der Waals surface area contributed by atoms with E-state index in [0.29, 0.717) is 5.56 Å². The van der Waals surface area contributed by atoms with Gasteiger partial charge in [-0.1, -0.05) is 54.6 Å². The molecule has 0 saturated carbocycles. The van der Waals surface area contributed by atoms with Gasteiger partial charge in [0.2, 0.25) is 0 Å². The molecule has 0 aliphatic rings. The van der Waals surface area contributed by atoms with Gasteiger partial charge in [0.15, 0.2) is 0 Å². The Hall–Kier alpha value is -3.40. The van der Waals surface area contributed by atoms with Gasteiger partial charge in [-0.2, -0.15) is 5.10 Å². The number of nitrogens with zero attached hydrogens (tertiary/aromatic N) is 2. The van der Waals surface area contributed by atoms with E-state index in [2.05, 4.69) is 40.7 Å². The Labute approximate surface area is 158 Å². The van der Waals surface area contributed by atoms with E-state index in [1.807, 2.05) is 56.3 Å². The number of hydrogen-bond donors (Lipinski definition) is 1. The second-order valence-corrected chi connectivity index (χ2v) is 6.69. The smallest absolute Gasteiger partial charge is 0.255 e. The zero-order valence-corrected chi connectivity index (χ0v) is 15.4. The van der Waals surface area contributed by atoms with Crippen molar-refractivity contribution in [1.82, 2.24) is 15.1 Å². The molecule has 1 atom stereocenters. The second-order valence-electron chi connectivity index (χ2n) is 6.69. The zero-order valence-electron chi connectivity index (χ0n) is 15.4. The predicted molar refractivity (Wildman–Crippen MR) is 108 cm³/mol. The molecule has 0 saturated heterocycles. The molecule has 1 N–H and O–H groups in total. The van der Waals surface area contributed by atoms with Gasteiger partial charge in [-0.05, 0) is 48.4 Å². The Balaban J connectivity index is 1.55. The van der Waals surface area contributed by atoms with Gasteiger partial charge < -0.3 is 5.32 Å². The Kier molecular flexibility index (Phi) is 4.47. The lowest BCUT2D eigenvalue weighted by atomic mass is 10.0. The fraction of sp³-hybridized carbons (Fsp3) is 0.130. The molecule has 0 aliphatic carbocycles. The number of aromatic nitrogens is 2. The first-order valence-electron chi connectivity index (χ1n) is 9.03. The summed E-state index contributed by atoms with van der Waals surface area (Å²) in [5.74, 6) is -0.115. The van der Waals surface area contributed by atoms with E-state index >= 15 is 0 Å². The van der Waals surface area contributed by atoms with Crippen molar-refractivity contribution in [3.05, 3.63) is 95.8 Å². The summed E-state index contributed by atoms with van der Waals surface area (Å²) in [6, 6.07) is 24.2. The van der Waals surface area contributed by atoms with Crippen LogP contribution < -0.4 is 5.32 Å². The van der Waals surface area contributed by atoms with Crippen LogP contribution in [0.25, 0.3) is 16.5 Å². The van der Waals surface area contributed by atoms with E-state index in [1.54, 1.807) is 10.9 Å². The maximum atomic E-state index is 12.8. The average Bonchev–Trinajstić information content (AvgIpc) is 3.09. The number of benzene rings is 3. The van der Waals surface area contributed by atoms with Gasteiger partial charge in [0.25, 0.3) is 5.91 Å². The second kappa shape index (κ2) is 7.08. The monoisotopic (exact) mass is 355 g/mol. The molecule has 27 heavy (non-hydrogen) atoms. The normalized spacial score (nSPS) is 12.1. The lowest BCUT2D eigenvalue weighted by Crippen LogP contribution is -2.27. The SMILES string of the molecule is Cc1c(C(=O)NC(C)c2ccc3ccccc3c2)cnn1-c1ccccc1. The van der Waals surface area contributed by atoms with Crippen LogP contribution in [0.5, 0.6) is 0 Å². The minimum Gasteiger partial charge on any atom is -0.345 e. The standard InChI is InChI=1S/C23H21N3O/c1-16(19-13-12-18-8-6-7-9-20(18)14-19)25-23(27)22-15-24-26(17(22)2)21-10-4-3-5-11-21/h3-16H,1-2H3,(H,25,27). The number of hydrogen-bond acceptors (Lipinski definition) is 2. The molecular formula is C23H21N3O. The van der Waals surface area contributed by atoms with Gasteiger partial charge in [0.05, 0.1) is 29.2 Å². The first-order chi connectivity index (χ1) is 13.1. The highest BCUT2D eigenvalue weighted by molar-refractivity contribution is 5.95. The van der Waals surface area contributed by atoms with Crippen molar-refractivity contribution >= 4 is 16.7 Å². The van der Waals surface area contributed by atoms with Crippen molar-refractivity contribution in [2.45, 2.75) is 19.9 Å². The van der Waals surface area contributed by atoms with Crippen molar-refractivity contribution in [1.29, 1.82) is 0 Å². The molecule has 4 aromatic rings. The highest BCUT2D eigenvalue weighted by Gasteiger charge is 2.17. The van der Waals surface area contributed by atoms with Gasteiger partial charge >= 0.3 is 0 Å². The lowest BCUT2D eigenvalue weighted by Gasteiger charge is -2.15. The van der Waals surface area contributed by atoms with Gasteiger partial charge in [-0.15, -0.1) is 0 Å². The van der Waals surface area contributed by atoms with Crippen LogP contribution in [0.3, 0.4) is 0 Å². The van der Waals surface area contributed by atoms with Gasteiger partial charge in [0.1, 0.15) is 0 Å². The van der Waals surface area contributed by atoms with Gasteiger partial charge in [-0.3, -0.25) is 4.79 Å². The molecule has 0 bridgehead atoms. The zero-order chi connectivity index (χ0) is 18.8.